The topological polar surface area (TPSA) is 86.2 Å². The van der Waals surface area contributed by atoms with Crippen molar-refractivity contribution in [1.82, 2.24) is 15.6 Å². The molecule has 1 heterocycles. The summed E-state index contributed by atoms with van der Waals surface area (Å²) in [5.74, 6) is 1.47. The van der Waals surface area contributed by atoms with E-state index in [2.05, 4.69) is 41.4 Å². The molecule has 8 heteroatoms. The molecule has 0 saturated heterocycles. The largest absolute Gasteiger partial charge is 0.443 e. The lowest BCUT2D eigenvalue weighted by Gasteiger charge is -2.13. The minimum atomic E-state index is -0.439. The number of halogens is 2. The Hall–Kier alpha value is -2.15. The van der Waals surface area contributed by atoms with Crippen molar-refractivity contribution in [1.29, 1.82) is 5.26 Å². The molecule has 0 bridgehead atoms. The zero-order chi connectivity index (χ0) is 19.2. The van der Waals surface area contributed by atoms with Gasteiger partial charge in [-0.2, -0.15) is 5.26 Å². The number of hydrogen-bond acceptors (Lipinski definition) is 4. The maximum atomic E-state index is 14.0. The zero-order valence-corrected chi connectivity index (χ0v) is 18.3. The third kappa shape index (κ3) is 6.82. The van der Waals surface area contributed by atoms with E-state index in [1.54, 1.807) is 18.3 Å². The summed E-state index contributed by atoms with van der Waals surface area (Å²) in [6.07, 6.45) is 1.73. The maximum absolute atomic E-state index is 14.0. The lowest BCUT2D eigenvalue weighted by atomic mass is 9.94. The number of nitrogens with one attached hydrogen (secondary N) is 2. The highest BCUT2D eigenvalue weighted by Gasteiger charge is 2.19. The Morgan fingerprint density at radius 3 is 2.63 bits per heavy atom. The molecule has 6 nitrogen and oxygen atoms in total. The van der Waals surface area contributed by atoms with Crippen molar-refractivity contribution >= 4 is 29.9 Å². The number of oxazole rings is 1. The van der Waals surface area contributed by atoms with Gasteiger partial charge in [-0.3, -0.25) is 0 Å². The predicted molar refractivity (Wildman–Crippen MR) is 113 cm³/mol. The normalized spacial score (nSPS) is 11.5. The molecular weight excluding hydrogens is 460 g/mol. The van der Waals surface area contributed by atoms with Crippen LogP contribution in [0, 0.1) is 17.1 Å². The average molecular weight is 485 g/mol. The number of rotatable bonds is 5. The van der Waals surface area contributed by atoms with Gasteiger partial charge in [0.25, 0.3) is 0 Å². The second kappa shape index (κ2) is 10.3. The summed E-state index contributed by atoms with van der Waals surface area (Å²) in [5, 5.41) is 15.0. The Bertz CT molecular complexity index is 820. The van der Waals surface area contributed by atoms with Crippen LogP contribution >= 0.6 is 24.0 Å². The van der Waals surface area contributed by atoms with E-state index in [-0.39, 0.29) is 35.9 Å². The van der Waals surface area contributed by atoms with E-state index < -0.39 is 5.82 Å². The molecule has 0 atom stereocenters. The Balaban J connectivity index is 0.00000364. The van der Waals surface area contributed by atoms with Crippen molar-refractivity contribution < 1.29 is 8.81 Å². The first-order valence-electron chi connectivity index (χ1n) is 8.49. The first kappa shape index (κ1) is 22.9. The molecule has 0 aliphatic rings. The van der Waals surface area contributed by atoms with Crippen LogP contribution in [0.15, 0.2) is 33.8 Å². The fraction of sp³-hybridized carbons (Fsp3) is 0.421. The summed E-state index contributed by atoms with van der Waals surface area (Å²) in [6, 6.07) is 6.28. The van der Waals surface area contributed by atoms with E-state index in [1.807, 2.05) is 13.0 Å². The molecule has 1 aromatic heterocycles. The molecule has 0 aliphatic heterocycles. The highest BCUT2D eigenvalue weighted by Crippen LogP contribution is 2.22. The molecule has 0 spiro atoms. The Labute approximate surface area is 176 Å². The minimum absolute atomic E-state index is 0. The Morgan fingerprint density at radius 1 is 1.33 bits per heavy atom. The Kier molecular flexibility index (Phi) is 8.69. The molecule has 27 heavy (non-hydrogen) atoms. The summed E-state index contributed by atoms with van der Waals surface area (Å²) >= 11 is 0. The van der Waals surface area contributed by atoms with Gasteiger partial charge in [0.2, 0.25) is 5.89 Å². The van der Waals surface area contributed by atoms with Crippen LogP contribution in [-0.2, 0) is 18.5 Å². The maximum Gasteiger partial charge on any atom is 0.213 e. The van der Waals surface area contributed by atoms with Crippen LogP contribution in [0.5, 0.6) is 0 Å². The van der Waals surface area contributed by atoms with E-state index in [9.17, 15) is 4.39 Å². The van der Waals surface area contributed by atoms with Crippen molar-refractivity contribution in [3.8, 4) is 6.07 Å². The second-order valence-corrected chi connectivity index (χ2v) is 6.83. The second-order valence-electron chi connectivity index (χ2n) is 6.83. The molecule has 0 amide bonds. The van der Waals surface area contributed by atoms with Gasteiger partial charge in [-0.1, -0.05) is 26.8 Å². The standard InChI is InChI=1S/C19H24FN5O.HI/c1-5-22-18(24-10-14-7-6-13(9-21)8-15(14)20)25-12-17-23-11-16(26-17)19(2,3)4;/h6-8,11H,5,10,12H2,1-4H3,(H2,22,24,25);1H. The molecule has 1 aromatic carbocycles. The van der Waals surface area contributed by atoms with Crippen molar-refractivity contribution in [2.24, 2.45) is 4.99 Å². The number of aliphatic imine (C=N–C) groups is 1. The smallest absolute Gasteiger partial charge is 0.213 e. The highest BCUT2D eigenvalue weighted by molar-refractivity contribution is 14.0. The predicted octanol–water partition coefficient (Wildman–Crippen LogP) is 3.86. The van der Waals surface area contributed by atoms with E-state index in [1.165, 1.54) is 6.07 Å². The SMILES string of the molecule is CCNC(=NCc1ccc(C#N)cc1F)NCc1ncc(C(C)(C)C)o1.I. The van der Waals surface area contributed by atoms with Gasteiger partial charge in [0.15, 0.2) is 5.96 Å². The third-order valence-corrected chi connectivity index (χ3v) is 3.63. The molecule has 2 aromatic rings. The van der Waals surface area contributed by atoms with Crippen molar-refractivity contribution in [2.75, 3.05) is 6.54 Å². The van der Waals surface area contributed by atoms with Crippen molar-refractivity contribution in [3.63, 3.8) is 0 Å². The van der Waals surface area contributed by atoms with E-state index >= 15 is 0 Å². The average Bonchev–Trinajstić information content (AvgIpc) is 3.07. The summed E-state index contributed by atoms with van der Waals surface area (Å²) in [7, 11) is 0. The number of benzene rings is 1. The van der Waals surface area contributed by atoms with Crippen LogP contribution in [0.2, 0.25) is 0 Å². The summed E-state index contributed by atoms with van der Waals surface area (Å²) in [4.78, 5) is 8.64. The molecule has 0 fully saturated rings. The first-order valence-corrected chi connectivity index (χ1v) is 8.49. The molecule has 0 aliphatic carbocycles. The van der Waals surface area contributed by atoms with Crippen LogP contribution in [0.3, 0.4) is 0 Å². The lowest BCUT2D eigenvalue weighted by Crippen LogP contribution is -2.36. The van der Waals surface area contributed by atoms with Crippen LogP contribution in [0.25, 0.3) is 0 Å². The lowest BCUT2D eigenvalue weighted by molar-refractivity contribution is 0.379. The van der Waals surface area contributed by atoms with Crippen LogP contribution in [0.1, 0.15) is 50.5 Å². The number of nitrogens with zero attached hydrogens (tertiary/aromatic N) is 3. The molecule has 2 N–H and O–H groups in total. The van der Waals surface area contributed by atoms with Gasteiger partial charge in [-0.15, -0.1) is 24.0 Å². The monoisotopic (exact) mass is 485 g/mol. The summed E-state index contributed by atoms with van der Waals surface area (Å²) < 4.78 is 19.7. The van der Waals surface area contributed by atoms with Crippen molar-refractivity contribution in [3.05, 3.63) is 53.0 Å². The van der Waals surface area contributed by atoms with Crippen LogP contribution in [-0.4, -0.2) is 17.5 Å². The minimum Gasteiger partial charge on any atom is -0.443 e. The first-order chi connectivity index (χ1) is 12.3. The quantitative estimate of drug-likeness (QED) is 0.382. The van der Waals surface area contributed by atoms with Gasteiger partial charge < -0.3 is 15.1 Å². The van der Waals surface area contributed by atoms with Gasteiger partial charge >= 0.3 is 0 Å². The molecule has 2 rings (SSSR count). The fourth-order valence-electron chi connectivity index (χ4n) is 2.15. The van der Waals surface area contributed by atoms with Crippen LogP contribution < -0.4 is 10.6 Å². The molecule has 0 radical (unpaired) electrons. The van der Waals surface area contributed by atoms with E-state index in [0.29, 0.717) is 36.1 Å². The van der Waals surface area contributed by atoms with E-state index in [4.69, 9.17) is 9.68 Å². The number of guanidine groups is 1. The molecular formula is C19H25FIN5O. The molecule has 0 unspecified atom stereocenters. The van der Waals surface area contributed by atoms with Crippen molar-refractivity contribution in [2.45, 2.75) is 46.2 Å². The number of aromatic nitrogens is 1. The number of nitriles is 1. The highest BCUT2D eigenvalue weighted by atomic mass is 127. The van der Waals surface area contributed by atoms with E-state index in [0.717, 1.165) is 5.76 Å². The number of hydrogen-bond donors (Lipinski definition) is 2. The third-order valence-electron chi connectivity index (χ3n) is 3.63. The van der Waals surface area contributed by atoms with Gasteiger partial charge in [0.05, 0.1) is 30.9 Å². The van der Waals surface area contributed by atoms with Gasteiger partial charge in [-0.25, -0.2) is 14.4 Å². The van der Waals surface area contributed by atoms with Gasteiger partial charge in [-0.05, 0) is 19.1 Å². The Morgan fingerprint density at radius 2 is 2.07 bits per heavy atom. The molecule has 0 saturated carbocycles. The zero-order valence-electron chi connectivity index (χ0n) is 16.0. The van der Waals surface area contributed by atoms with Gasteiger partial charge in [0, 0.05) is 17.5 Å². The summed E-state index contributed by atoms with van der Waals surface area (Å²) in [5.41, 5.74) is 0.614. The molecule has 146 valence electrons. The van der Waals surface area contributed by atoms with Gasteiger partial charge in [0.1, 0.15) is 11.6 Å². The van der Waals surface area contributed by atoms with Crippen LogP contribution in [0.4, 0.5) is 4.39 Å². The fourth-order valence-corrected chi connectivity index (χ4v) is 2.15. The summed E-state index contributed by atoms with van der Waals surface area (Å²) in [6.45, 7) is 9.32.